The van der Waals surface area contributed by atoms with Crippen molar-refractivity contribution in [2.24, 2.45) is 0 Å². The molecule has 7 amide bonds. The molecule has 0 radical (unpaired) electrons. The van der Waals surface area contributed by atoms with Gasteiger partial charge >= 0.3 is 0 Å². The third-order valence-electron chi connectivity index (χ3n) is 12.2. The number of aromatic hydroxyl groups is 2. The average molecular weight is 938 g/mol. The summed E-state index contributed by atoms with van der Waals surface area (Å²) in [4.78, 5) is 96.1. The van der Waals surface area contributed by atoms with Crippen molar-refractivity contribution < 1.29 is 54.0 Å². The van der Waals surface area contributed by atoms with Gasteiger partial charge in [-0.15, -0.1) is 0 Å². The lowest BCUT2D eigenvalue weighted by molar-refractivity contribution is -0.142. The number of carbonyl (C=O) groups is 7. The first-order chi connectivity index (χ1) is 31.9. The smallest absolute Gasteiger partial charge is 0.248 e. The van der Waals surface area contributed by atoms with Crippen LogP contribution in [0.1, 0.15) is 135 Å². The second-order valence-electron chi connectivity index (χ2n) is 17.8. The van der Waals surface area contributed by atoms with Crippen LogP contribution in [0.4, 0.5) is 0 Å². The zero-order valence-corrected chi connectivity index (χ0v) is 40.2. The summed E-state index contributed by atoms with van der Waals surface area (Å²) < 4.78 is 0. The molecule has 1 aliphatic heterocycles. The van der Waals surface area contributed by atoms with Crippen LogP contribution in [0.2, 0.25) is 0 Å². The fourth-order valence-corrected chi connectivity index (χ4v) is 7.89. The van der Waals surface area contributed by atoms with Crippen LogP contribution in [0.15, 0.2) is 36.4 Å². The molecular formula is C49H75N7O11. The number of nitrogens with one attached hydrogen (secondary N) is 5. The van der Waals surface area contributed by atoms with Crippen LogP contribution >= 0.6 is 0 Å². The summed E-state index contributed by atoms with van der Waals surface area (Å²) in [5, 5.41) is 54.3. The third-order valence-corrected chi connectivity index (χ3v) is 12.2. The van der Waals surface area contributed by atoms with Crippen molar-refractivity contribution in [3.8, 4) is 22.6 Å². The molecule has 372 valence electrons. The topological polar surface area (TPSA) is 267 Å². The number of hydrogen-bond donors (Lipinski definition) is 9. The number of phenolic OH excluding ortho intramolecular Hbond substituents is 2. The van der Waals surface area contributed by atoms with Crippen LogP contribution in [0.5, 0.6) is 11.5 Å². The summed E-state index contributed by atoms with van der Waals surface area (Å²) in [5.41, 5.74) is 0.869. The van der Waals surface area contributed by atoms with Gasteiger partial charge in [-0.25, -0.2) is 0 Å². The van der Waals surface area contributed by atoms with Gasteiger partial charge in [0, 0.05) is 44.1 Å². The van der Waals surface area contributed by atoms with E-state index in [1.165, 1.54) is 121 Å². The molecule has 67 heavy (non-hydrogen) atoms. The fourth-order valence-electron chi connectivity index (χ4n) is 7.89. The van der Waals surface area contributed by atoms with Gasteiger partial charge in [0.15, 0.2) is 0 Å². The molecule has 0 aromatic heterocycles. The summed E-state index contributed by atoms with van der Waals surface area (Å²) in [7, 11) is 2.72. The molecular weight excluding hydrogens is 863 g/mol. The van der Waals surface area contributed by atoms with Crippen LogP contribution in [0, 0.1) is 0 Å². The summed E-state index contributed by atoms with van der Waals surface area (Å²) in [6.45, 7) is 4.85. The predicted octanol–water partition coefficient (Wildman–Crippen LogP) is 3.23. The Bertz CT molecular complexity index is 1980. The predicted molar refractivity (Wildman–Crippen MR) is 253 cm³/mol. The van der Waals surface area contributed by atoms with Gasteiger partial charge in [0.25, 0.3) is 0 Å². The van der Waals surface area contributed by atoms with Crippen molar-refractivity contribution in [1.82, 2.24) is 36.4 Å². The number of aliphatic hydroxyl groups excluding tert-OH is 2. The van der Waals surface area contributed by atoms with Crippen molar-refractivity contribution in [3.05, 3.63) is 47.5 Å². The highest BCUT2D eigenvalue weighted by atomic mass is 16.3. The van der Waals surface area contributed by atoms with E-state index in [-0.39, 0.29) is 53.5 Å². The summed E-state index contributed by atoms with van der Waals surface area (Å²) in [5.74, 6) is -5.35. The van der Waals surface area contributed by atoms with Gasteiger partial charge in [-0.2, -0.15) is 0 Å². The minimum absolute atomic E-state index is 0.0592. The number of fused-ring (bicyclic) bond motifs is 5. The molecule has 0 unspecified atom stereocenters. The standard InChI is InChI=1S/C49H75N7O11/c1-7-8-9-10-11-12-13-14-15-16-17-18-19-20-42(61)55(5)39(30-58)48(66)52-32(3)45(63)50-28-43(62)56(6)44-35-22-24-41(60)37(27-35)36-25-34(21-23-40(36)59)26-38(47(65)51-31(2)29-57)54-46(64)33(4)53-49(44)67/h21-25,27,31-33,38-39,44,57-60H,7-20,26,28-30H2,1-6H3,(H,50,63)(H,51,65)(H,52,66)(H,53,67)(H,54,64)/t31-,32+,33-,38-,39+,44-/m0/s1. The first-order valence-electron chi connectivity index (χ1n) is 23.8. The molecule has 0 fully saturated rings. The number of phenols is 2. The van der Waals surface area contributed by atoms with Crippen molar-refractivity contribution in [3.63, 3.8) is 0 Å². The highest BCUT2D eigenvalue weighted by Crippen LogP contribution is 2.38. The largest absolute Gasteiger partial charge is 0.507 e. The Morgan fingerprint density at radius 2 is 1.28 bits per heavy atom. The second-order valence-corrected chi connectivity index (χ2v) is 17.8. The maximum absolute atomic E-state index is 14.1. The first kappa shape index (κ1) is 55.6. The number of hydrogen-bond acceptors (Lipinski definition) is 11. The quantitative estimate of drug-likeness (QED) is 0.0653. The Morgan fingerprint density at radius 3 is 1.87 bits per heavy atom. The van der Waals surface area contributed by atoms with E-state index in [9.17, 15) is 54.0 Å². The molecule has 0 saturated carbocycles. The van der Waals surface area contributed by atoms with Crippen molar-refractivity contribution in [1.29, 1.82) is 0 Å². The Morgan fingerprint density at radius 1 is 0.716 bits per heavy atom. The molecule has 1 aliphatic rings. The van der Waals surface area contributed by atoms with Gasteiger partial charge < -0.3 is 56.8 Å². The highest BCUT2D eigenvalue weighted by Gasteiger charge is 2.34. The van der Waals surface area contributed by atoms with E-state index in [4.69, 9.17) is 0 Å². The number of carbonyl (C=O) groups excluding carboxylic acids is 7. The van der Waals surface area contributed by atoms with E-state index in [2.05, 4.69) is 33.5 Å². The van der Waals surface area contributed by atoms with Crippen molar-refractivity contribution in [2.75, 3.05) is 33.9 Å². The molecule has 9 N–H and O–H groups in total. The Labute approximate surface area is 395 Å². The van der Waals surface area contributed by atoms with Crippen LogP contribution in [0.25, 0.3) is 11.1 Å². The van der Waals surface area contributed by atoms with Crippen molar-refractivity contribution >= 4 is 41.4 Å². The lowest BCUT2D eigenvalue weighted by atomic mass is 9.93. The van der Waals surface area contributed by atoms with Crippen LogP contribution in [-0.4, -0.2) is 136 Å². The molecule has 0 spiro atoms. The Balaban J connectivity index is 1.64. The second kappa shape index (κ2) is 28.4. The zero-order chi connectivity index (χ0) is 49.6. The van der Waals surface area contributed by atoms with Crippen molar-refractivity contribution in [2.45, 2.75) is 160 Å². The third kappa shape index (κ3) is 17.4. The number of nitrogens with zero attached hydrogens (tertiary/aromatic N) is 2. The van der Waals surface area contributed by atoms with Crippen LogP contribution in [-0.2, 0) is 40.0 Å². The SMILES string of the molecule is CCCCCCCCCCCCCCCC(=O)N(C)[C@H](CO)C(=O)N[C@H](C)C(=O)NCC(=O)N(C)[C@@H]1C(=O)N[C@@H](C)C(=O)N[C@H](C(=O)N[C@@H](C)CO)Cc2ccc(O)c(c2)-c2cc1ccc2O. The lowest BCUT2D eigenvalue weighted by Gasteiger charge is -2.30. The van der Waals surface area contributed by atoms with E-state index < -0.39 is 84.8 Å². The van der Waals surface area contributed by atoms with E-state index in [1.54, 1.807) is 13.0 Å². The molecule has 18 nitrogen and oxygen atoms in total. The normalized spacial score (nSPS) is 17.4. The number of aliphatic hydroxyl groups is 2. The molecule has 0 saturated heterocycles. The van der Waals surface area contributed by atoms with E-state index in [0.29, 0.717) is 12.0 Å². The molecule has 6 atom stereocenters. The van der Waals surface area contributed by atoms with Gasteiger partial charge in [-0.1, -0.05) is 96.1 Å². The number of rotatable bonds is 25. The number of benzene rings is 2. The summed E-state index contributed by atoms with van der Waals surface area (Å²) in [6, 6.07) is 1.49. The molecule has 0 aliphatic carbocycles. The highest BCUT2D eigenvalue weighted by molar-refractivity contribution is 5.97. The number of unbranched alkanes of at least 4 members (excludes halogenated alkanes) is 12. The average Bonchev–Trinajstić information content (AvgIpc) is 3.30. The van der Waals surface area contributed by atoms with Gasteiger partial charge in [0.2, 0.25) is 41.4 Å². The van der Waals surface area contributed by atoms with E-state index >= 15 is 0 Å². The minimum Gasteiger partial charge on any atom is -0.507 e. The Kier molecular flexibility index (Phi) is 23.6. The lowest BCUT2D eigenvalue weighted by Crippen LogP contribution is -2.56. The maximum atomic E-state index is 14.1. The number of amides is 7. The molecule has 1 heterocycles. The maximum Gasteiger partial charge on any atom is 0.248 e. The first-order valence-corrected chi connectivity index (χ1v) is 23.8. The van der Waals surface area contributed by atoms with Gasteiger partial charge in [0.05, 0.1) is 19.8 Å². The molecule has 3 rings (SSSR count). The molecule has 18 heteroatoms. The van der Waals surface area contributed by atoms with Crippen LogP contribution in [0.3, 0.4) is 0 Å². The fraction of sp³-hybridized carbons (Fsp3) is 0.612. The van der Waals surface area contributed by atoms with E-state index in [1.807, 2.05) is 0 Å². The number of likely N-dealkylation sites (N-methyl/N-ethyl adjacent to an activating group) is 2. The summed E-state index contributed by atoms with van der Waals surface area (Å²) >= 11 is 0. The molecule has 2 aromatic carbocycles. The zero-order valence-electron chi connectivity index (χ0n) is 40.2. The van der Waals surface area contributed by atoms with Crippen LogP contribution < -0.4 is 26.6 Å². The van der Waals surface area contributed by atoms with E-state index in [0.717, 1.165) is 24.2 Å². The minimum atomic E-state index is -1.47. The van der Waals surface area contributed by atoms with Gasteiger partial charge in [0.1, 0.15) is 41.7 Å². The summed E-state index contributed by atoms with van der Waals surface area (Å²) in [6.07, 6.45) is 15.2. The molecule has 4 bridgehead atoms. The monoisotopic (exact) mass is 938 g/mol. The molecule has 2 aromatic rings. The van der Waals surface area contributed by atoms with Gasteiger partial charge in [-0.05, 0) is 62.6 Å². The Hall–Kier alpha value is -5.75. The van der Waals surface area contributed by atoms with Gasteiger partial charge in [-0.3, -0.25) is 33.6 Å².